The highest BCUT2D eigenvalue weighted by Gasteiger charge is 2.34. The first-order valence-electron chi connectivity index (χ1n) is 5.50. The number of aromatic nitrogens is 2. The molecule has 0 amide bonds. The first-order chi connectivity index (χ1) is 8.38. The summed E-state index contributed by atoms with van der Waals surface area (Å²) in [6.45, 7) is 0. The zero-order valence-electron chi connectivity index (χ0n) is 9.75. The van der Waals surface area contributed by atoms with Gasteiger partial charge in [0.2, 0.25) is 0 Å². The van der Waals surface area contributed by atoms with E-state index in [0.717, 1.165) is 19.3 Å². The van der Waals surface area contributed by atoms with E-state index in [2.05, 4.69) is 15.3 Å². The monoisotopic (exact) mass is 316 g/mol. The molecule has 3 N–H and O–H groups in total. The minimum atomic E-state index is -4.54. The highest BCUT2D eigenvalue weighted by Crippen LogP contribution is 2.30. The number of hydrogen-bond donors (Lipinski definition) is 2. The Kier molecular flexibility index (Phi) is 5.23. The molecule has 1 saturated carbocycles. The fourth-order valence-electron chi connectivity index (χ4n) is 1.94. The topological polar surface area (TPSA) is 63.8 Å². The van der Waals surface area contributed by atoms with E-state index in [0.29, 0.717) is 6.20 Å². The molecular weight excluding hydrogens is 304 g/mol. The zero-order valence-corrected chi connectivity index (χ0v) is 11.3. The predicted octanol–water partition coefficient (Wildman–Crippen LogP) is 2.86. The van der Waals surface area contributed by atoms with Gasteiger partial charge in [0, 0.05) is 12.1 Å². The third kappa shape index (κ3) is 3.84. The molecule has 2 atom stereocenters. The summed E-state index contributed by atoms with van der Waals surface area (Å²) in [6, 6.07) is -0.0568. The minimum absolute atomic E-state index is 0. The van der Waals surface area contributed by atoms with Crippen LogP contribution in [0.15, 0.2) is 6.20 Å². The Hall–Kier alpha value is -0.790. The van der Waals surface area contributed by atoms with Crippen molar-refractivity contribution >= 4 is 29.8 Å². The number of alkyl halides is 3. The van der Waals surface area contributed by atoms with Crippen molar-refractivity contribution in [3.63, 3.8) is 0 Å². The Morgan fingerprint density at radius 1 is 1.37 bits per heavy atom. The quantitative estimate of drug-likeness (QED) is 0.880. The van der Waals surface area contributed by atoms with E-state index in [1.807, 2.05) is 0 Å². The SMILES string of the molecule is Cl.N[C@H]1CCCC1Nc1ncc(C(F)(F)F)nc1Cl. The van der Waals surface area contributed by atoms with Gasteiger partial charge in [0.15, 0.2) is 16.7 Å². The second-order valence-electron chi connectivity index (χ2n) is 4.24. The highest BCUT2D eigenvalue weighted by atomic mass is 35.5. The van der Waals surface area contributed by atoms with Crippen molar-refractivity contribution in [3.8, 4) is 0 Å². The molecule has 19 heavy (non-hydrogen) atoms. The van der Waals surface area contributed by atoms with E-state index < -0.39 is 11.9 Å². The summed E-state index contributed by atoms with van der Waals surface area (Å²) in [5.41, 5.74) is 4.74. The van der Waals surface area contributed by atoms with Crippen LogP contribution in [0.25, 0.3) is 0 Å². The highest BCUT2D eigenvalue weighted by molar-refractivity contribution is 6.31. The fraction of sp³-hybridized carbons (Fsp3) is 0.600. The molecule has 1 aliphatic rings. The van der Waals surface area contributed by atoms with Gasteiger partial charge in [-0.15, -0.1) is 12.4 Å². The molecule has 1 unspecified atom stereocenters. The lowest BCUT2D eigenvalue weighted by Crippen LogP contribution is -2.35. The van der Waals surface area contributed by atoms with E-state index in [4.69, 9.17) is 17.3 Å². The van der Waals surface area contributed by atoms with Crippen LogP contribution < -0.4 is 11.1 Å². The Bertz CT molecular complexity index is 441. The molecule has 9 heteroatoms. The first-order valence-corrected chi connectivity index (χ1v) is 5.87. The first kappa shape index (κ1) is 16.3. The molecule has 1 aromatic rings. The maximum absolute atomic E-state index is 12.4. The van der Waals surface area contributed by atoms with Gasteiger partial charge in [-0.05, 0) is 19.3 Å². The maximum Gasteiger partial charge on any atom is 0.434 e. The minimum Gasteiger partial charge on any atom is -0.363 e. The molecule has 0 saturated heterocycles. The molecule has 0 spiro atoms. The van der Waals surface area contributed by atoms with Crippen molar-refractivity contribution in [2.45, 2.75) is 37.5 Å². The van der Waals surface area contributed by atoms with E-state index >= 15 is 0 Å². The normalized spacial score (nSPS) is 23.0. The van der Waals surface area contributed by atoms with Crippen LogP contribution in [0.1, 0.15) is 25.0 Å². The van der Waals surface area contributed by atoms with E-state index in [1.165, 1.54) is 0 Å². The molecule has 4 nitrogen and oxygen atoms in total. The lowest BCUT2D eigenvalue weighted by atomic mass is 10.2. The lowest BCUT2D eigenvalue weighted by molar-refractivity contribution is -0.141. The number of hydrogen-bond acceptors (Lipinski definition) is 4. The van der Waals surface area contributed by atoms with Crippen LogP contribution in [-0.4, -0.2) is 22.1 Å². The van der Waals surface area contributed by atoms with E-state index in [-0.39, 0.29) is 35.5 Å². The Balaban J connectivity index is 0.00000180. The number of halogens is 5. The number of nitrogens with zero attached hydrogens (tertiary/aromatic N) is 2. The molecule has 0 aliphatic heterocycles. The van der Waals surface area contributed by atoms with Gasteiger partial charge in [-0.3, -0.25) is 0 Å². The van der Waals surface area contributed by atoms with Crippen LogP contribution >= 0.6 is 24.0 Å². The lowest BCUT2D eigenvalue weighted by Gasteiger charge is -2.18. The average molecular weight is 317 g/mol. The zero-order chi connectivity index (χ0) is 13.3. The molecular formula is C10H13Cl2F3N4. The van der Waals surface area contributed by atoms with Crippen molar-refractivity contribution in [2.75, 3.05) is 5.32 Å². The maximum atomic E-state index is 12.4. The van der Waals surface area contributed by atoms with Gasteiger partial charge in [0.1, 0.15) is 0 Å². The molecule has 0 aromatic carbocycles. The summed E-state index contributed by atoms with van der Waals surface area (Å²) in [6.07, 6.45) is -1.18. The summed E-state index contributed by atoms with van der Waals surface area (Å²) in [5.74, 6) is 0.145. The van der Waals surface area contributed by atoms with Crippen molar-refractivity contribution in [1.29, 1.82) is 0 Å². The second-order valence-corrected chi connectivity index (χ2v) is 4.60. The van der Waals surface area contributed by atoms with Crippen LogP contribution in [0.5, 0.6) is 0 Å². The van der Waals surface area contributed by atoms with E-state index in [1.54, 1.807) is 0 Å². The molecule has 2 rings (SSSR count). The number of nitrogens with one attached hydrogen (secondary N) is 1. The fourth-order valence-corrected chi connectivity index (χ4v) is 2.14. The van der Waals surface area contributed by atoms with Gasteiger partial charge in [-0.1, -0.05) is 11.6 Å². The van der Waals surface area contributed by atoms with Crippen LogP contribution in [0.4, 0.5) is 19.0 Å². The largest absolute Gasteiger partial charge is 0.434 e. The van der Waals surface area contributed by atoms with E-state index in [9.17, 15) is 13.2 Å². The second kappa shape index (κ2) is 6.11. The predicted molar refractivity (Wildman–Crippen MR) is 68.5 cm³/mol. The average Bonchev–Trinajstić information content (AvgIpc) is 2.66. The standard InChI is InChI=1S/C10H12ClF3N4.ClH/c11-8-9(17-6-3-1-2-5(6)15)16-4-7(18-8)10(12,13)14;/h4-6H,1-3,15H2,(H,16,17);1H/t5-,6?;/m0./s1. The number of nitrogens with two attached hydrogens (primary N) is 1. The number of rotatable bonds is 2. The van der Waals surface area contributed by atoms with Crippen LogP contribution in [0.2, 0.25) is 5.15 Å². The van der Waals surface area contributed by atoms with Crippen LogP contribution in [0.3, 0.4) is 0 Å². The van der Waals surface area contributed by atoms with Gasteiger partial charge in [-0.25, -0.2) is 9.97 Å². The van der Waals surface area contributed by atoms with Crippen molar-refractivity contribution in [1.82, 2.24) is 9.97 Å². The summed E-state index contributed by atoms with van der Waals surface area (Å²) >= 11 is 5.68. The van der Waals surface area contributed by atoms with Gasteiger partial charge >= 0.3 is 6.18 Å². The summed E-state index contributed by atoms with van der Waals surface area (Å²) in [4.78, 5) is 6.95. The molecule has 0 radical (unpaired) electrons. The summed E-state index contributed by atoms with van der Waals surface area (Å²) < 4.78 is 37.1. The van der Waals surface area contributed by atoms with Crippen LogP contribution in [0, 0.1) is 0 Å². The van der Waals surface area contributed by atoms with Crippen molar-refractivity contribution in [2.24, 2.45) is 5.73 Å². The van der Waals surface area contributed by atoms with Crippen LogP contribution in [-0.2, 0) is 6.18 Å². The molecule has 1 aliphatic carbocycles. The van der Waals surface area contributed by atoms with Gasteiger partial charge in [-0.2, -0.15) is 13.2 Å². The van der Waals surface area contributed by atoms with Gasteiger partial charge in [0.05, 0.1) is 6.20 Å². The Morgan fingerprint density at radius 3 is 2.53 bits per heavy atom. The molecule has 1 aromatic heterocycles. The molecule has 1 heterocycles. The third-order valence-electron chi connectivity index (χ3n) is 2.91. The third-order valence-corrected chi connectivity index (χ3v) is 3.18. The van der Waals surface area contributed by atoms with Gasteiger partial charge < -0.3 is 11.1 Å². The number of anilines is 1. The van der Waals surface area contributed by atoms with Gasteiger partial charge in [0.25, 0.3) is 0 Å². The van der Waals surface area contributed by atoms with Crippen molar-refractivity contribution < 1.29 is 13.2 Å². The Labute approximate surface area is 119 Å². The summed E-state index contributed by atoms with van der Waals surface area (Å²) in [7, 11) is 0. The Morgan fingerprint density at radius 2 is 2.05 bits per heavy atom. The molecule has 1 fully saturated rings. The van der Waals surface area contributed by atoms with Crippen molar-refractivity contribution in [3.05, 3.63) is 17.0 Å². The molecule has 108 valence electrons. The smallest absolute Gasteiger partial charge is 0.363 e. The molecule has 0 bridgehead atoms. The summed E-state index contributed by atoms with van der Waals surface area (Å²) in [5, 5.41) is 2.65.